The van der Waals surface area contributed by atoms with Crippen molar-refractivity contribution < 1.29 is 8.29 Å². The zero-order valence-corrected chi connectivity index (χ0v) is 15.3. The lowest BCUT2D eigenvalue weighted by molar-refractivity contribution is -0.649. The van der Waals surface area contributed by atoms with Crippen LogP contribution in [0.2, 0.25) is 0 Å². The Bertz CT molecular complexity index is 1200. The van der Waals surface area contributed by atoms with Gasteiger partial charge in [-0.25, -0.2) is 4.99 Å². The molecule has 4 aliphatic heterocycles. The number of aromatic nitrogens is 1. The predicted octanol–water partition coefficient (Wildman–Crippen LogP) is -0.0187. The van der Waals surface area contributed by atoms with Crippen LogP contribution in [0.1, 0.15) is 0 Å². The highest BCUT2D eigenvalue weighted by Crippen LogP contribution is 2.15. The topological polar surface area (TPSA) is 35.6 Å². The van der Waals surface area contributed by atoms with Gasteiger partial charge in [0.1, 0.15) is 11.4 Å². The standard InChI is InChI=1S/C20H14N4S2/c25-23-17-5-7-19(23)12-20-8-6-18(24(20)26)11-16-4-2-14(22-16)9-13-1-3-15(10-17)21-13/h1-12,21,24H/b13-9-,14-9?,15-10-,16-11-,17-10?,18-11?,19-12-,20-12?. The molecular weight excluding hydrogens is 360 g/mol. The first-order valence-corrected chi connectivity index (χ1v) is 9.01. The normalized spacial score (nSPS) is 29.7. The van der Waals surface area contributed by atoms with Crippen LogP contribution in [0.3, 0.4) is 0 Å². The van der Waals surface area contributed by atoms with Gasteiger partial charge in [-0.3, -0.25) is 3.98 Å². The Morgan fingerprint density at radius 1 is 0.885 bits per heavy atom. The first-order chi connectivity index (χ1) is 12.7. The van der Waals surface area contributed by atoms with Crippen molar-refractivity contribution in [3.63, 3.8) is 0 Å². The molecule has 4 nitrogen and oxygen atoms in total. The van der Waals surface area contributed by atoms with E-state index in [0.29, 0.717) is 0 Å². The summed E-state index contributed by atoms with van der Waals surface area (Å²) in [4.78, 5) is 8.04. The Morgan fingerprint density at radius 3 is 2.50 bits per heavy atom. The third-order valence-electron chi connectivity index (χ3n) is 4.49. The Hall–Kier alpha value is -2.67. The Morgan fingerprint density at radius 2 is 1.65 bits per heavy atom. The van der Waals surface area contributed by atoms with E-state index in [1.165, 1.54) is 0 Å². The van der Waals surface area contributed by atoms with E-state index in [-0.39, 0.29) is 0 Å². The van der Waals surface area contributed by atoms with Gasteiger partial charge in [-0.1, -0.05) is 0 Å². The van der Waals surface area contributed by atoms with E-state index < -0.39 is 0 Å². The minimum Gasteiger partial charge on any atom is -0.483 e. The van der Waals surface area contributed by atoms with E-state index in [4.69, 9.17) is 25.6 Å². The third kappa shape index (κ3) is 2.68. The highest BCUT2D eigenvalue weighted by Gasteiger charge is 2.19. The monoisotopic (exact) mass is 374 g/mol. The number of allylic oxidation sites excluding steroid dienone is 8. The van der Waals surface area contributed by atoms with Gasteiger partial charge < -0.3 is 34.9 Å². The van der Waals surface area contributed by atoms with Crippen molar-refractivity contribution in [1.82, 2.24) is 4.98 Å². The minimum absolute atomic E-state index is 0.819. The molecule has 4 aliphatic rings. The number of nitrogens with one attached hydrogen (secondary N) is 2. The maximum Gasteiger partial charge on any atom is 0.196 e. The van der Waals surface area contributed by atoms with Crippen molar-refractivity contribution in [2.24, 2.45) is 4.99 Å². The van der Waals surface area contributed by atoms with E-state index in [1.54, 1.807) is 3.98 Å². The summed E-state index contributed by atoms with van der Waals surface area (Å²) in [5.74, 6) is 0. The Kier molecular flexibility index (Phi) is 3.56. The molecule has 8 bridgehead atoms. The van der Waals surface area contributed by atoms with Crippen molar-refractivity contribution in [2.75, 3.05) is 0 Å². The predicted molar refractivity (Wildman–Crippen MR) is 108 cm³/mol. The van der Waals surface area contributed by atoms with Crippen LogP contribution in [-0.4, -0.2) is 20.4 Å². The molecule has 1 atom stereocenters. The number of quaternary nitrogens is 1. The van der Waals surface area contributed by atoms with Crippen LogP contribution < -0.4 is 15.0 Å². The molecule has 0 aliphatic carbocycles. The zero-order chi connectivity index (χ0) is 17.7. The van der Waals surface area contributed by atoms with Crippen LogP contribution in [0.5, 0.6) is 0 Å². The summed E-state index contributed by atoms with van der Waals surface area (Å²) >= 11 is 11.2. The first-order valence-electron chi connectivity index (χ1n) is 8.23. The van der Waals surface area contributed by atoms with Gasteiger partial charge in [0.05, 0.1) is 17.5 Å². The third-order valence-corrected chi connectivity index (χ3v) is 5.38. The summed E-state index contributed by atoms with van der Waals surface area (Å²) in [6.07, 6.45) is 20.2. The smallest absolute Gasteiger partial charge is 0.196 e. The molecule has 0 fully saturated rings. The molecule has 0 saturated heterocycles. The second-order valence-electron chi connectivity index (χ2n) is 6.29. The molecule has 0 spiro atoms. The molecular formula is C20H14N4S2. The molecule has 26 heavy (non-hydrogen) atoms. The number of hydrogen-bond acceptors (Lipinski definition) is 3. The lowest BCUT2D eigenvalue weighted by Gasteiger charge is -2.20. The molecule has 1 unspecified atom stereocenters. The molecule has 1 aromatic heterocycles. The Balaban J connectivity index is 1.71. The van der Waals surface area contributed by atoms with Gasteiger partial charge in [0, 0.05) is 47.2 Å². The number of fused-ring (bicyclic) bond motifs is 6. The van der Waals surface area contributed by atoms with E-state index in [1.807, 2.05) is 72.9 Å². The fourth-order valence-corrected chi connectivity index (χ4v) is 3.67. The van der Waals surface area contributed by atoms with Gasteiger partial charge >= 0.3 is 0 Å². The van der Waals surface area contributed by atoms with E-state index in [9.17, 15) is 0 Å². The van der Waals surface area contributed by atoms with Crippen molar-refractivity contribution in [1.29, 1.82) is 0 Å². The summed E-state index contributed by atoms with van der Waals surface area (Å²) in [5, 5.41) is 2.00. The molecule has 5 rings (SSSR count). The molecule has 126 valence electrons. The number of rotatable bonds is 0. The average molecular weight is 374 g/mol. The second kappa shape index (κ2) is 5.95. The first kappa shape index (κ1) is 15.6. The van der Waals surface area contributed by atoms with Gasteiger partial charge in [0.25, 0.3) is 0 Å². The fourth-order valence-electron chi connectivity index (χ4n) is 3.18. The molecule has 5 heterocycles. The van der Waals surface area contributed by atoms with Gasteiger partial charge in [-0.2, -0.15) is 0 Å². The van der Waals surface area contributed by atoms with Crippen LogP contribution in [0.15, 0.2) is 88.5 Å². The van der Waals surface area contributed by atoms with Crippen LogP contribution in [0.25, 0.3) is 12.2 Å². The van der Waals surface area contributed by atoms with Gasteiger partial charge in [-0.05, 0) is 30.4 Å². The summed E-state index contributed by atoms with van der Waals surface area (Å²) in [6.45, 7) is 0. The van der Waals surface area contributed by atoms with Crippen LogP contribution >= 0.6 is 0 Å². The largest absolute Gasteiger partial charge is 0.483 e. The number of aliphatic imine (C=N–C) groups is 1. The van der Waals surface area contributed by atoms with Crippen LogP contribution in [0.4, 0.5) is 0 Å². The molecule has 0 radical (unpaired) electrons. The molecule has 1 aromatic rings. The average Bonchev–Trinajstić information content (AvgIpc) is 3.38. The van der Waals surface area contributed by atoms with Crippen molar-refractivity contribution in [2.45, 2.75) is 0 Å². The maximum absolute atomic E-state index is 5.64. The van der Waals surface area contributed by atoms with Gasteiger partial charge in [-0.15, -0.1) is 0 Å². The highest BCUT2D eigenvalue weighted by molar-refractivity contribution is 7.52. The molecule has 0 aromatic carbocycles. The molecule has 6 heteroatoms. The maximum atomic E-state index is 5.64. The van der Waals surface area contributed by atoms with Crippen molar-refractivity contribution >= 4 is 49.2 Å². The van der Waals surface area contributed by atoms with Crippen LogP contribution in [-0.2, 0) is 25.6 Å². The summed E-state index contributed by atoms with van der Waals surface area (Å²) < 4.78 is 2.57. The number of hydrogen-bond donors (Lipinski definition) is 2. The number of nitrogens with zero attached hydrogens (tertiary/aromatic N) is 2. The highest BCUT2D eigenvalue weighted by atomic mass is 32.1. The number of aromatic amines is 1. The Labute approximate surface area is 161 Å². The summed E-state index contributed by atoms with van der Waals surface area (Å²) in [6, 6.07) is 4.08. The lowest BCUT2D eigenvalue weighted by atomic mass is 10.3. The van der Waals surface area contributed by atoms with Gasteiger partial charge in [0.15, 0.2) is 11.4 Å². The zero-order valence-electron chi connectivity index (χ0n) is 13.6. The SMILES string of the molecule is [S-][N+]1=C2C=C/C1=C/C1=CC=C(/C=C3/C=CC(=N3)/C=c3/cc/c([nH]3)=C/2)[NH+]1[S-]. The van der Waals surface area contributed by atoms with Crippen molar-refractivity contribution in [3.05, 3.63) is 94.2 Å². The van der Waals surface area contributed by atoms with Gasteiger partial charge in [0.2, 0.25) is 0 Å². The summed E-state index contributed by atoms with van der Waals surface area (Å²) in [7, 11) is 0. The fraction of sp³-hybridized carbons (Fsp3) is 0. The minimum atomic E-state index is 0.819. The van der Waals surface area contributed by atoms with E-state index in [0.717, 1.165) is 49.2 Å². The number of H-pyrrole nitrogens is 1. The second-order valence-corrected chi connectivity index (χ2v) is 7.07. The van der Waals surface area contributed by atoms with Crippen molar-refractivity contribution in [3.8, 4) is 0 Å². The lowest BCUT2D eigenvalue weighted by Crippen LogP contribution is -3.02. The molecule has 0 saturated carbocycles. The quantitative estimate of drug-likeness (QED) is 0.495. The summed E-state index contributed by atoms with van der Waals surface area (Å²) in [5.41, 5.74) is 5.70. The van der Waals surface area contributed by atoms with E-state index in [2.05, 4.69) is 9.98 Å². The molecule has 2 N–H and O–H groups in total. The van der Waals surface area contributed by atoms with Crippen LogP contribution in [0, 0.1) is 0 Å². The molecule has 0 amide bonds. The van der Waals surface area contributed by atoms with E-state index >= 15 is 0 Å².